The molecule has 2 heteroatoms. The fourth-order valence-corrected chi connectivity index (χ4v) is 1.92. The molecule has 2 rings (SSSR count). The Kier molecular flexibility index (Phi) is 1.77. The van der Waals surface area contributed by atoms with Crippen molar-refractivity contribution in [1.29, 1.82) is 0 Å². The van der Waals surface area contributed by atoms with Gasteiger partial charge < -0.3 is 4.74 Å². The van der Waals surface area contributed by atoms with Crippen LogP contribution in [0.3, 0.4) is 0 Å². The Bertz CT molecular complexity index is 295. The molecule has 0 amide bonds. The zero-order valence-corrected chi connectivity index (χ0v) is 8.81. The van der Waals surface area contributed by atoms with E-state index in [9.17, 15) is 0 Å². The SMILES string of the molecule is Cc1cc(Br)cc(C2(C)CO2)c1. The fourth-order valence-electron chi connectivity index (χ4n) is 1.32. The van der Waals surface area contributed by atoms with Crippen LogP contribution in [0.25, 0.3) is 0 Å². The first-order valence-electron chi connectivity index (χ1n) is 4.02. The standard InChI is InChI=1S/C10H11BrO/c1-7-3-8(5-9(11)4-7)10(2)6-12-10/h3-5H,6H2,1-2H3. The van der Waals surface area contributed by atoms with E-state index in [1.165, 1.54) is 11.1 Å². The number of aryl methyl sites for hydroxylation is 1. The highest BCUT2D eigenvalue weighted by Crippen LogP contribution is 2.39. The zero-order chi connectivity index (χ0) is 8.77. The minimum absolute atomic E-state index is 0.00542. The van der Waals surface area contributed by atoms with E-state index < -0.39 is 0 Å². The molecule has 0 bridgehead atoms. The monoisotopic (exact) mass is 226 g/mol. The highest BCUT2D eigenvalue weighted by molar-refractivity contribution is 9.10. The first kappa shape index (κ1) is 8.27. The van der Waals surface area contributed by atoms with Crippen LogP contribution in [0.15, 0.2) is 22.7 Å². The maximum atomic E-state index is 5.37. The van der Waals surface area contributed by atoms with Gasteiger partial charge in [0.05, 0.1) is 6.61 Å². The van der Waals surface area contributed by atoms with Crippen LogP contribution in [0.1, 0.15) is 18.1 Å². The summed E-state index contributed by atoms with van der Waals surface area (Å²) in [5, 5.41) is 0. The highest BCUT2D eigenvalue weighted by atomic mass is 79.9. The number of ether oxygens (including phenoxy) is 1. The molecule has 1 unspecified atom stereocenters. The van der Waals surface area contributed by atoms with Gasteiger partial charge in [0.2, 0.25) is 0 Å². The van der Waals surface area contributed by atoms with E-state index in [0.717, 1.165) is 11.1 Å². The number of rotatable bonds is 1. The molecule has 1 nitrogen and oxygen atoms in total. The molecule has 12 heavy (non-hydrogen) atoms. The molecule has 1 saturated heterocycles. The van der Waals surface area contributed by atoms with Crippen molar-refractivity contribution >= 4 is 15.9 Å². The third-order valence-corrected chi connectivity index (χ3v) is 2.69. The summed E-state index contributed by atoms with van der Waals surface area (Å²) in [6.45, 7) is 5.07. The van der Waals surface area contributed by atoms with E-state index in [4.69, 9.17) is 4.74 Å². The predicted molar refractivity (Wildman–Crippen MR) is 52.2 cm³/mol. The van der Waals surface area contributed by atoms with Crippen LogP contribution in [-0.4, -0.2) is 6.61 Å². The van der Waals surface area contributed by atoms with Crippen molar-refractivity contribution in [2.45, 2.75) is 19.4 Å². The van der Waals surface area contributed by atoms with Crippen LogP contribution in [0, 0.1) is 6.92 Å². The van der Waals surface area contributed by atoms with E-state index >= 15 is 0 Å². The van der Waals surface area contributed by atoms with Crippen LogP contribution in [0.2, 0.25) is 0 Å². The van der Waals surface area contributed by atoms with E-state index in [-0.39, 0.29) is 5.60 Å². The molecular weight excluding hydrogens is 216 g/mol. The Morgan fingerprint density at radius 1 is 1.42 bits per heavy atom. The van der Waals surface area contributed by atoms with Gasteiger partial charge in [-0.2, -0.15) is 0 Å². The summed E-state index contributed by atoms with van der Waals surface area (Å²) >= 11 is 3.48. The molecule has 1 heterocycles. The summed E-state index contributed by atoms with van der Waals surface area (Å²) < 4.78 is 6.50. The third-order valence-electron chi connectivity index (χ3n) is 2.23. The maximum Gasteiger partial charge on any atom is 0.114 e. The molecule has 1 fully saturated rings. The first-order valence-corrected chi connectivity index (χ1v) is 4.81. The molecule has 0 saturated carbocycles. The number of epoxide rings is 1. The van der Waals surface area contributed by atoms with E-state index in [1.54, 1.807) is 0 Å². The Morgan fingerprint density at radius 2 is 2.08 bits per heavy atom. The van der Waals surface area contributed by atoms with Crippen LogP contribution >= 0.6 is 15.9 Å². The molecule has 64 valence electrons. The van der Waals surface area contributed by atoms with Crippen molar-refractivity contribution in [2.75, 3.05) is 6.61 Å². The number of hydrogen-bond acceptors (Lipinski definition) is 1. The highest BCUT2D eigenvalue weighted by Gasteiger charge is 2.41. The molecule has 0 radical (unpaired) electrons. The van der Waals surface area contributed by atoms with Crippen molar-refractivity contribution in [3.8, 4) is 0 Å². The summed E-state index contributed by atoms with van der Waals surface area (Å²) in [6, 6.07) is 6.41. The summed E-state index contributed by atoms with van der Waals surface area (Å²) in [7, 11) is 0. The average molecular weight is 227 g/mol. The summed E-state index contributed by atoms with van der Waals surface area (Å²) in [6.07, 6.45) is 0. The van der Waals surface area contributed by atoms with Crippen molar-refractivity contribution in [1.82, 2.24) is 0 Å². The molecule has 0 spiro atoms. The maximum absolute atomic E-state index is 5.37. The van der Waals surface area contributed by atoms with Gasteiger partial charge in [-0.05, 0) is 37.1 Å². The van der Waals surface area contributed by atoms with Gasteiger partial charge in [0.15, 0.2) is 0 Å². The second-order valence-corrected chi connectivity index (χ2v) is 4.45. The summed E-state index contributed by atoms with van der Waals surface area (Å²) in [4.78, 5) is 0. The van der Waals surface area contributed by atoms with Gasteiger partial charge in [0, 0.05) is 4.47 Å². The Labute approximate surface area is 80.9 Å². The van der Waals surface area contributed by atoms with E-state index in [0.29, 0.717) is 0 Å². The third kappa shape index (κ3) is 1.41. The lowest BCUT2D eigenvalue weighted by Gasteiger charge is -2.07. The molecular formula is C10H11BrO. The molecule has 0 aromatic heterocycles. The molecule has 1 aliphatic heterocycles. The smallest absolute Gasteiger partial charge is 0.114 e. The first-order chi connectivity index (χ1) is 5.60. The zero-order valence-electron chi connectivity index (χ0n) is 7.23. The second-order valence-electron chi connectivity index (χ2n) is 3.54. The van der Waals surface area contributed by atoms with Crippen LogP contribution in [0.4, 0.5) is 0 Å². The lowest BCUT2D eigenvalue weighted by atomic mass is 10.0. The van der Waals surface area contributed by atoms with Crippen LogP contribution in [0.5, 0.6) is 0 Å². The topological polar surface area (TPSA) is 12.5 Å². The Morgan fingerprint density at radius 3 is 2.58 bits per heavy atom. The van der Waals surface area contributed by atoms with Crippen molar-refractivity contribution in [3.05, 3.63) is 33.8 Å². The average Bonchev–Trinajstić information content (AvgIpc) is 2.67. The summed E-state index contributed by atoms with van der Waals surface area (Å²) in [5.41, 5.74) is 2.54. The molecule has 1 aromatic rings. The molecule has 0 N–H and O–H groups in total. The minimum atomic E-state index is -0.00542. The Balaban J connectivity index is 2.44. The fraction of sp³-hybridized carbons (Fsp3) is 0.400. The summed E-state index contributed by atoms with van der Waals surface area (Å²) in [5.74, 6) is 0. The lowest BCUT2D eigenvalue weighted by molar-refractivity contribution is 0.329. The van der Waals surface area contributed by atoms with Crippen molar-refractivity contribution in [2.24, 2.45) is 0 Å². The van der Waals surface area contributed by atoms with E-state index in [1.807, 2.05) is 0 Å². The second kappa shape index (κ2) is 2.57. The van der Waals surface area contributed by atoms with Gasteiger partial charge in [-0.1, -0.05) is 22.0 Å². The molecule has 1 aromatic carbocycles. The number of halogens is 1. The molecule has 1 atom stereocenters. The van der Waals surface area contributed by atoms with Crippen molar-refractivity contribution < 1.29 is 4.74 Å². The predicted octanol–water partition coefficient (Wildman–Crippen LogP) is 3.00. The molecule has 1 aliphatic rings. The van der Waals surface area contributed by atoms with Gasteiger partial charge in [-0.15, -0.1) is 0 Å². The number of hydrogen-bond donors (Lipinski definition) is 0. The Hall–Kier alpha value is -0.340. The van der Waals surface area contributed by atoms with E-state index in [2.05, 4.69) is 48.0 Å². The minimum Gasteiger partial charge on any atom is -0.365 e. The number of benzene rings is 1. The van der Waals surface area contributed by atoms with Gasteiger partial charge in [-0.25, -0.2) is 0 Å². The quantitative estimate of drug-likeness (QED) is 0.672. The van der Waals surface area contributed by atoms with Crippen LogP contribution < -0.4 is 0 Å². The molecule has 0 aliphatic carbocycles. The largest absolute Gasteiger partial charge is 0.365 e. The van der Waals surface area contributed by atoms with Gasteiger partial charge >= 0.3 is 0 Å². The lowest BCUT2D eigenvalue weighted by Crippen LogP contribution is -2.01. The van der Waals surface area contributed by atoms with Crippen LogP contribution in [-0.2, 0) is 10.3 Å². The van der Waals surface area contributed by atoms with Gasteiger partial charge in [0.1, 0.15) is 5.60 Å². The van der Waals surface area contributed by atoms with Gasteiger partial charge in [-0.3, -0.25) is 0 Å². The van der Waals surface area contributed by atoms with Gasteiger partial charge in [0.25, 0.3) is 0 Å². The normalized spacial score (nSPS) is 27.2. The van der Waals surface area contributed by atoms with Crippen molar-refractivity contribution in [3.63, 3.8) is 0 Å².